The van der Waals surface area contributed by atoms with Gasteiger partial charge in [0.15, 0.2) is 23.2 Å². The van der Waals surface area contributed by atoms with Crippen molar-refractivity contribution >= 4 is 36.4 Å². The first-order chi connectivity index (χ1) is 19.2. The van der Waals surface area contributed by atoms with Crippen molar-refractivity contribution < 1.29 is 22.7 Å². The van der Waals surface area contributed by atoms with Crippen molar-refractivity contribution in [3.05, 3.63) is 88.7 Å². The normalized spacial score (nSPS) is 16.8. The molecule has 0 spiro atoms. The van der Waals surface area contributed by atoms with Gasteiger partial charge in [-0.1, -0.05) is 18.2 Å². The van der Waals surface area contributed by atoms with E-state index in [1.165, 1.54) is 11.1 Å². The molecule has 3 aromatic carbocycles. The largest absolute Gasteiger partial charge is 0.454 e. The summed E-state index contributed by atoms with van der Waals surface area (Å²) in [5.74, 6) is -2.71. The lowest BCUT2D eigenvalue weighted by molar-refractivity contribution is -0.121. The Hall–Kier alpha value is -2.78. The number of hydrogen-bond donors (Lipinski definition) is 1. The Kier molecular flexibility index (Phi) is 12.1. The molecule has 5 rings (SSSR count). The zero-order valence-electron chi connectivity index (χ0n) is 23.9. The van der Waals surface area contributed by atoms with Gasteiger partial charge in [0.05, 0.1) is 0 Å². The highest BCUT2D eigenvalue weighted by atomic mass is 35.5. The average molecular weight is 625 g/mol. The van der Waals surface area contributed by atoms with Crippen LogP contribution in [0.1, 0.15) is 48.3 Å². The lowest BCUT2D eigenvalue weighted by Crippen LogP contribution is -2.36. The van der Waals surface area contributed by atoms with Gasteiger partial charge < -0.3 is 15.0 Å². The van der Waals surface area contributed by atoms with Gasteiger partial charge in [-0.3, -0.25) is 9.69 Å². The molecule has 5 nitrogen and oxygen atoms in total. The van der Waals surface area contributed by atoms with E-state index in [2.05, 4.69) is 41.2 Å². The number of anilines is 1. The first-order valence-electron chi connectivity index (χ1n) is 14.0. The third kappa shape index (κ3) is 8.40. The van der Waals surface area contributed by atoms with Crippen LogP contribution in [-0.4, -0.2) is 48.9 Å². The summed E-state index contributed by atoms with van der Waals surface area (Å²) in [4.78, 5) is 17.5. The van der Waals surface area contributed by atoms with Crippen LogP contribution in [0.2, 0.25) is 0 Å². The maximum Gasteiger partial charge on any atom is 0.227 e. The Morgan fingerprint density at radius 3 is 2.17 bits per heavy atom. The molecule has 1 amide bonds. The molecule has 2 aliphatic rings. The van der Waals surface area contributed by atoms with Crippen molar-refractivity contribution in [1.29, 1.82) is 0 Å². The standard InChI is InChI=1S/C32H36F3N3O2.2ClH/c1-21-3-6-25(36-32(39)24-9-13-37(2)14-10-24)17-27(21)23-11-15-38(16-12-23)20-22-4-7-26(8-5-22)40-31-19-29(34)28(33)18-30(31)35;;/h3-8,17-19,23-24H,9-16,20H2,1-2H3,(H,36,39);2*1H. The van der Waals surface area contributed by atoms with Gasteiger partial charge in [-0.05, 0) is 113 Å². The third-order valence-corrected chi connectivity index (χ3v) is 8.20. The van der Waals surface area contributed by atoms with E-state index in [4.69, 9.17) is 4.74 Å². The first kappa shape index (κ1) is 33.7. The molecule has 0 radical (unpaired) electrons. The van der Waals surface area contributed by atoms with Gasteiger partial charge in [0.2, 0.25) is 5.91 Å². The van der Waals surface area contributed by atoms with Crippen molar-refractivity contribution in [3.8, 4) is 11.5 Å². The predicted molar refractivity (Wildman–Crippen MR) is 165 cm³/mol. The minimum absolute atomic E-state index is 0. The van der Waals surface area contributed by atoms with Crippen LogP contribution in [0.5, 0.6) is 11.5 Å². The Balaban J connectivity index is 0.00000242. The molecule has 228 valence electrons. The molecule has 0 aliphatic carbocycles. The number of likely N-dealkylation sites (tertiary alicyclic amines) is 2. The van der Waals surface area contributed by atoms with Crippen molar-refractivity contribution in [2.75, 3.05) is 38.5 Å². The number of piperidine rings is 2. The molecule has 0 atom stereocenters. The highest BCUT2D eigenvalue weighted by molar-refractivity contribution is 5.92. The van der Waals surface area contributed by atoms with Crippen LogP contribution in [0.15, 0.2) is 54.6 Å². The minimum atomic E-state index is -1.25. The molecule has 3 aromatic rings. The molecule has 1 N–H and O–H groups in total. The summed E-state index contributed by atoms with van der Waals surface area (Å²) >= 11 is 0. The third-order valence-electron chi connectivity index (χ3n) is 8.20. The van der Waals surface area contributed by atoms with Crippen LogP contribution in [-0.2, 0) is 11.3 Å². The molecular formula is C32H38Cl2F3N3O2. The van der Waals surface area contributed by atoms with Crippen LogP contribution in [0.25, 0.3) is 0 Å². The number of amides is 1. The van der Waals surface area contributed by atoms with Gasteiger partial charge >= 0.3 is 0 Å². The molecule has 2 fully saturated rings. The van der Waals surface area contributed by atoms with Crippen LogP contribution in [0.3, 0.4) is 0 Å². The van der Waals surface area contributed by atoms with E-state index in [-0.39, 0.29) is 42.4 Å². The number of hydrogen-bond acceptors (Lipinski definition) is 4. The average Bonchev–Trinajstić information content (AvgIpc) is 2.94. The second-order valence-electron chi connectivity index (χ2n) is 11.1. The SMILES string of the molecule is Cc1ccc(NC(=O)C2CCN(C)CC2)cc1C1CCN(Cc2ccc(Oc3cc(F)c(F)cc3F)cc2)CC1.Cl.Cl. The number of nitrogens with zero attached hydrogens (tertiary/aromatic N) is 2. The summed E-state index contributed by atoms with van der Waals surface area (Å²) in [6, 6.07) is 14.7. The molecule has 2 saturated heterocycles. The van der Waals surface area contributed by atoms with Gasteiger partial charge in [-0.25, -0.2) is 13.2 Å². The van der Waals surface area contributed by atoms with Crippen LogP contribution >= 0.6 is 24.8 Å². The number of halogens is 5. The Labute approximate surface area is 258 Å². The lowest BCUT2D eigenvalue weighted by atomic mass is 9.86. The highest BCUT2D eigenvalue weighted by Crippen LogP contribution is 2.33. The quantitative estimate of drug-likeness (QED) is 0.274. The topological polar surface area (TPSA) is 44.8 Å². The molecule has 0 saturated carbocycles. The number of ether oxygens (including phenoxy) is 1. The van der Waals surface area contributed by atoms with Crippen molar-refractivity contribution in [3.63, 3.8) is 0 Å². The maximum atomic E-state index is 13.9. The highest BCUT2D eigenvalue weighted by Gasteiger charge is 2.25. The Morgan fingerprint density at radius 2 is 1.50 bits per heavy atom. The van der Waals surface area contributed by atoms with Crippen LogP contribution < -0.4 is 10.1 Å². The van der Waals surface area contributed by atoms with E-state index in [1.54, 1.807) is 12.1 Å². The fourth-order valence-corrected chi connectivity index (χ4v) is 5.71. The van der Waals surface area contributed by atoms with E-state index in [0.29, 0.717) is 23.8 Å². The summed E-state index contributed by atoms with van der Waals surface area (Å²) in [5, 5.41) is 3.17. The van der Waals surface area contributed by atoms with Crippen molar-refractivity contribution in [2.45, 2.75) is 45.1 Å². The number of aryl methyl sites for hydroxylation is 1. The van der Waals surface area contributed by atoms with E-state index in [1.807, 2.05) is 18.2 Å². The summed E-state index contributed by atoms with van der Waals surface area (Å²) in [6.45, 7) is 6.75. The summed E-state index contributed by atoms with van der Waals surface area (Å²) < 4.78 is 45.9. The smallest absolute Gasteiger partial charge is 0.227 e. The molecule has 0 bridgehead atoms. The molecule has 0 aromatic heterocycles. The number of benzene rings is 3. The number of nitrogens with one attached hydrogen (secondary N) is 1. The summed E-state index contributed by atoms with van der Waals surface area (Å²) in [6.07, 6.45) is 3.87. The van der Waals surface area contributed by atoms with E-state index < -0.39 is 17.5 Å². The van der Waals surface area contributed by atoms with Gasteiger partial charge in [0, 0.05) is 30.3 Å². The number of rotatable bonds is 7. The van der Waals surface area contributed by atoms with Crippen molar-refractivity contribution in [2.24, 2.45) is 5.92 Å². The minimum Gasteiger partial charge on any atom is -0.454 e. The fourth-order valence-electron chi connectivity index (χ4n) is 5.71. The molecular weight excluding hydrogens is 586 g/mol. The second-order valence-corrected chi connectivity index (χ2v) is 11.1. The Bertz CT molecular complexity index is 1340. The van der Waals surface area contributed by atoms with Gasteiger partial charge in [0.1, 0.15) is 5.75 Å². The molecule has 10 heteroatoms. The molecule has 2 aliphatic heterocycles. The monoisotopic (exact) mass is 623 g/mol. The number of carbonyl (C=O) groups excluding carboxylic acids is 1. The molecule has 42 heavy (non-hydrogen) atoms. The van der Waals surface area contributed by atoms with Crippen molar-refractivity contribution in [1.82, 2.24) is 9.80 Å². The summed E-state index contributed by atoms with van der Waals surface area (Å²) in [5.41, 5.74) is 4.54. The van der Waals surface area contributed by atoms with Gasteiger partial charge in [0.25, 0.3) is 0 Å². The van der Waals surface area contributed by atoms with Crippen LogP contribution in [0.4, 0.5) is 18.9 Å². The molecule has 0 unspecified atom stereocenters. The maximum absolute atomic E-state index is 13.9. The van der Waals surface area contributed by atoms with Gasteiger partial charge in [-0.15, -0.1) is 24.8 Å². The predicted octanol–water partition coefficient (Wildman–Crippen LogP) is 7.71. The van der Waals surface area contributed by atoms with E-state index in [0.717, 1.165) is 69.7 Å². The zero-order valence-corrected chi connectivity index (χ0v) is 25.5. The number of carbonyl (C=O) groups is 1. The van der Waals surface area contributed by atoms with E-state index >= 15 is 0 Å². The van der Waals surface area contributed by atoms with E-state index in [9.17, 15) is 18.0 Å². The second kappa shape index (κ2) is 15.1. The van der Waals surface area contributed by atoms with Gasteiger partial charge in [-0.2, -0.15) is 0 Å². The summed E-state index contributed by atoms with van der Waals surface area (Å²) in [7, 11) is 2.10. The fraction of sp³-hybridized carbons (Fsp3) is 0.406. The van der Waals surface area contributed by atoms with Crippen LogP contribution in [0, 0.1) is 30.3 Å². The Morgan fingerprint density at radius 1 is 0.857 bits per heavy atom. The zero-order chi connectivity index (χ0) is 28.2. The first-order valence-corrected chi connectivity index (χ1v) is 14.0. The lowest BCUT2D eigenvalue weighted by Gasteiger charge is -2.33. The molecule has 2 heterocycles.